The molecule has 1 amide bonds. The van der Waals surface area contributed by atoms with Crippen molar-refractivity contribution in [3.8, 4) is 0 Å². The van der Waals surface area contributed by atoms with Crippen LogP contribution in [0.3, 0.4) is 0 Å². The third-order valence-corrected chi connectivity index (χ3v) is 4.73. The Morgan fingerprint density at radius 1 is 1.18 bits per heavy atom. The predicted molar refractivity (Wildman–Crippen MR) is 94.4 cm³/mol. The lowest BCUT2D eigenvalue weighted by Crippen LogP contribution is -2.39. The molecule has 1 atom stereocenters. The maximum atomic E-state index is 12.4. The molecule has 0 radical (unpaired) electrons. The van der Waals surface area contributed by atoms with Gasteiger partial charge in [-0.3, -0.25) is 9.69 Å². The van der Waals surface area contributed by atoms with Crippen molar-refractivity contribution in [2.75, 3.05) is 12.4 Å². The van der Waals surface area contributed by atoms with Gasteiger partial charge >= 0.3 is 0 Å². The van der Waals surface area contributed by atoms with Crippen LogP contribution >= 0.6 is 11.3 Å². The number of hydrogen-bond acceptors (Lipinski definition) is 3. The second kappa shape index (κ2) is 7.56. The normalized spacial score (nSPS) is 12.6. The van der Waals surface area contributed by atoms with Crippen molar-refractivity contribution in [3.05, 3.63) is 52.2 Å². The largest absolute Gasteiger partial charge is 0.325 e. The van der Waals surface area contributed by atoms with Crippen LogP contribution in [0.5, 0.6) is 0 Å². The van der Waals surface area contributed by atoms with Crippen LogP contribution < -0.4 is 5.32 Å². The summed E-state index contributed by atoms with van der Waals surface area (Å²) in [5.74, 6) is 0.525. The summed E-state index contributed by atoms with van der Waals surface area (Å²) in [6, 6.07) is 12.0. The minimum atomic E-state index is -0.174. The molecule has 2 rings (SSSR count). The fourth-order valence-electron chi connectivity index (χ4n) is 2.18. The van der Waals surface area contributed by atoms with Crippen molar-refractivity contribution >= 4 is 22.9 Å². The van der Waals surface area contributed by atoms with Crippen molar-refractivity contribution in [2.24, 2.45) is 0 Å². The van der Waals surface area contributed by atoms with E-state index in [0.717, 1.165) is 12.2 Å². The zero-order chi connectivity index (χ0) is 16.1. The van der Waals surface area contributed by atoms with Gasteiger partial charge in [-0.2, -0.15) is 0 Å². The van der Waals surface area contributed by atoms with E-state index >= 15 is 0 Å². The highest BCUT2D eigenvalue weighted by molar-refractivity contribution is 7.09. The molecule has 0 aliphatic carbocycles. The van der Waals surface area contributed by atoms with E-state index in [9.17, 15) is 4.79 Å². The second-order valence-corrected chi connectivity index (χ2v) is 6.97. The number of likely N-dealkylation sites (N-methyl/N-ethyl adjacent to an activating group) is 1. The Bertz CT molecular complexity index is 590. The lowest BCUT2D eigenvalue weighted by molar-refractivity contribution is -0.120. The molecular formula is C18H24N2OS. The van der Waals surface area contributed by atoms with E-state index in [1.807, 2.05) is 32.2 Å². The maximum Gasteiger partial charge on any atom is 0.241 e. The van der Waals surface area contributed by atoms with E-state index < -0.39 is 0 Å². The van der Waals surface area contributed by atoms with E-state index in [1.165, 1.54) is 10.4 Å². The Kier molecular flexibility index (Phi) is 5.75. The first-order valence-electron chi connectivity index (χ1n) is 7.61. The summed E-state index contributed by atoms with van der Waals surface area (Å²) in [6.45, 7) is 7.05. The van der Waals surface area contributed by atoms with Gasteiger partial charge in [-0.05, 0) is 49.0 Å². The van der Waals surface area contributed by atoms with Crippen LogP contribution in [0.25, 0.3) is 0 Å². The molecule has 1 N–H and O–H groups in total. The molecule has 0 saturated heterocycles. The second-order valence-electron chi connectivity index (χ2n) is 5.94. The number of nitrogens with zero attached hydrogens (tertiary/aromatic N) is 1. The van der Waals surface area contributed by atoms with E-state index in [1.54, 1.807) is 11.3 Å². The molecular weight excluding hydrogens is 292 g/mol. The molecule has 4 heteroatoms. The summed E-state index contributed by atoms with van der Waals surface area (Å²) >= 11 is 1.72. The van der Waals surface area contributed by atoms with E-state index in [-0.39, 0.29) is 11.9 Å². The minimum Gasteiger partial charge on any atom is -0.325 e. The summed E-state index contributed by atoms with van der Waals surface area (Å²) in [7, 11) is 1.98. The summed E-state index contributed by atoms with van der Waals surface area (Å²) in [5, 5.41) is 5.05. The van der Waals surface area contributed by atoms with Crippen LogP contribution in [0.1, 0.15) is 37.1 Å². The maximum absolute atomic E-state index is 12.4. The fraction of sp³-hybridized carbons (Fsp3) is 0.389. The zero-order valence-electron chi connectivity index (χ0n) is 13.7. The standard InChI is InChI=1S/C18H24N2OS/c1-13(2)15-7-9-16(10-8-15)19-18(21)14(3)20(4)12-17-6-5-11-22-17/h5-11,13-14H,12H2,1-4H3,(H,19,21)/t14-/m1/s1. The third-order valence-electron chi connectivity index (χ3n) is 3.87. The molecule has 0 aliphatic rings. The molecule has 0 saturated carbocycles. The topological polar surface area (TPSA) is 32.3 Å². The predicted octanol–water partition coefficient (Wildman–Crippen LogP) is 4.33. The molecule has 1 heterocycles. The first kappa shape index (κ1) is 16.7. The van der Waals surface area contributed by atoms with Crippen LogP contribution in [0.4, 0.5) is 5.69 Å². The molecule has 0 bridgehead atoms. The number of carbonyl (C=O) groups is 1. The number of hydrogen-bond donors (Lipinski definition) is 1. The molecule has 0 fully saturated rings. The molecule has 22 heavy (non-hydrogen) atoms. The third kappa shape index (κ3) is 4.42. The fourth-order valence-corrected chi connectivity index (χ4v) is 2.95. The quantitative estimate of drug-likeness (QED) is 0.860. The number of rotatable bonds is 6. The smallest absolute Gasteiger partial charge is 0.241 e. The van der Waals surface area contributed by atoms with Crippen LogP contribution in [-0.4, -0.2) is 23.9 Å². The lowest BCUT2D eigenvalue weighted by atomic mass is 10.0. The van der Waals surface area contributed by atoms with E-state index in [2.05, 4.69) is 47.6 Å². The van der Waals surface area contributed by atoms with Gasteiger partial charge in [-0.15, -0.1) is 11.3 Å². The van der Waals surface area contributed by atoms with E-state index in [0.29, 0.717) is 5.92 Å². The van der Waals surface area contributed by atoms with Gasteiger partial charge in [0, 0.05) is 17.1 Å². The van der Waals surface area contributed by atoms with E-state index in [4.69, 9.17) is 0 Å². The van der Waals surface area contributed by atoms with Crippen LogP contribution in [0.2, 0.25) is 0 Å². The molecule has 0 spiro atoms. The summed E-state index contributed by atoms with van der Waals surface area (Å²) in [5.41, 5.74) is 2.13. The van der Waals surface area contributed by atoms with Crippen LogP contribution in [-0.2, 0) is 11.3 Å². The number of amides is 1. The van der Waals surface area contributed by atoms with Crippen LogP contribution in [0, 0.1) is 0 Å². The molecule has 118 valence electrons. The highest BCUT2D eigenvalue weighted by Crippen LogP contribution is 2.18. The number of thiophene rings is 1. The highest BCUT2D eigenvalue weighted by atomic mass is 32.1. The number of nitrogens with one attached hydrogen (secondary N) is 1. The zero-order valence-corrected chi connectivity index (χ0v) is 14.5. The lowest BCUT2D eigenvalue weighted by Gasteiger charge is -2.23. The highest BCUT2D eigenvalue weighted by Gasteiger charge is 2.18. The molecule has 1 aromatic heterocycles. The van der Waals surface area contributed by atoms with Gasteiger partial charge in [-0.25, -0.2) is 0 Å². The van der Waals surface area contributed by atoms with Crippen molar-refractivity contribution in [1.29, 1.82) is 0 Å². The molecule has 3 nitrogen and oxygen atoms in total. The molecule has 1 aromatic carbocycles. The first-order chi connectivity index (χ1) is 10.5. The SMILES string of the molecule is CC(C)c1ccc(NC(=O)[C@@H](C)N(C)Cc2cccs2)cc1. The van der Waals surface area contributed by atoms with Gasteiger partial charge in [0.2, 0.25) is 5.91 Å². The van der Waals surface area contributed by atoms with Gasteiger partial charge in [0.25, 0.3) is 0 Å². The Balaban J connectivity index is 1.92. The Morgan fingerprint density at radius 2 is 1.86 bits per heavy atom. The Morgan fingerprint density at radius 3 is 2.41 bits per heavy atom. The number of carbonyl (C=O) groups excluding carboxylic acids is 1. The Labute approximate surface area is 137 Å². The number of benzene rings is 1. The summed E-state index contributed by atoms with van der Waals surface area (Å²) < 4.78 is 0. The first-order valence-corrected chi connectivity index (χ1v) is 8.48. The molecule has 2 aromatic rings. The van der Waals surface area contributed by atoms with Gasteiger partial charge in [0.15, 0.2) is 0 Å². The number of anilines is 1. The van der Waals surface area contributed by atoms with Crippen molar-refractivity contribution in [3.63, 3.8) is 0 Å². The summed E-state index contributed by atoms with van der Waals surface area (Å²) in [4.78, 5) is 15.7. The van der Waals surface area contributed by atoms with Gasteiger partial charge in [0.05, 0.1) is 6.04 Å². The van der Waals surface area contributed by atoms with Crippen molar-refractivity contribution in [1.82, 2.24) is 4.90 Å². The van der Waals surface area contributed by atoms with Gasteiger partial charge in [0.1, 0.15) is 0 Å². The minimum absolute atomic E-state index is 0.0244. The average Bonchev–Trinajstić information content (AvgIpc) is 2.99. The van der Waals surface area contributed by atoms with Crippen molar-refractivity contribution < 1.29 is 4.79 Å². The van der Waals surface area contributed by atoms with Crippen molar-refractivity contribution in [2.45, 2.75) is 39.3 Å². The monoisotopic (exact) mass is 316 g/mol. The Hall–Kier alpha value is -1.65. The van der Waals surface area contributed by atoms with Gasteiger partial charge < -0.3 is 5.32 Å². The summed E-state index contributed by atoms with van der Waals surface area (Å²) in [6.07, 6.45) is 0. The van der Waals surface area contributed by atoms with Crippen LogP contribution in [0.15, 0.2) is 41.8 Å². The van der Waals surface area contributed by atoms with Gasteiger partial charge in [-0.1, -0.05) is 32.0 Å². The molecule has 0 unspecified atom stereocenters. The molecule has 0 aliphatic heterocycles. The average molecular weight is 316 g/mol.